The molecule has 0 amide bonds. The first-order chi connectivity index (χ1) is 13.1. The number of benzene rings is 1. The lowest BCUT2D eigenvalue weighted by atomic mass is 9.83. The van der Waals surface area contributed by atoms with E-state index in [1.807, 2.05) is 26.8 Å². The largest absolute Gasteiger partial charge is 0.458 e. The summed E-state index contributed by atoms with van der Waals surface area (Å²) in [5.74, 6) is -0.532. The van der Waals surface area contributed by atoms with Crippen LogP contribution in [0, 0.1) is 12.8 Å². The van der Waals surface area contributed by atoms with Crippen molar-refractivity contribution in [3.05, 3.63) is 33.3 Å². The molecule has 0 N–H and O–H groups in total. The summed E-state index contributed by atoms with van der Waals surface area (Å²) in [6, 6.07) is 4.18. The van der Waals surface area contributed by atoms with Crippen LogP contribution >= 0.6 is 15.9 Å². The van der Waals surface area contributed by atoms with Crippen LogP contribution in [-0.2, 0) is 23.8 Å². The van der Waals surface area contributed by atoms with Crippen LogP contribution in [0.2, 0.25) is 0 Å². The second-order valence-electron chi connectivity index (χ2n) is 7.90. The maximum Gasteiger partial charge on any atom is 0.303 e. The van der Waals surface area contributed by atoms with Gasteiger partial charge < -0.3 is 14.2 Å². The first kappa shape index (κ1) is 22.9. The van der Waals surface area contributed by atoms with Crippen molar-refractivity contribution in [2.75, 3.05) is 0 Å². The number of hydrogen-bond donors (Lipinski definition) is 0. The van der Waals surface area contributed by atoms with E-state index >= 15 is 0 Å². The number of esters is 2. The van der Waals surface area contributed by atoms with Gasteiger partial charge in [-0.2, -0.15) is 0 Å². The Bertz CT molecular complexity index is 730. The fourth-order valence-corrected chi connectivity index (χ4v) is 4.76. The lowest BCUT2D eigenvalue weighted by molar-refractivity contribution is -0.225. The SMILES string of the molecule is CC[C@H]1O[C@@H](c2cc(Br)c(C(C)C)cc2C)[C@@H](OC(C)=O)[C@@H](OC(C)=O)[C@H]1C. The lowest BCUT2D eigenvalue weighted by Gasteiger charge is -2.45. The fraction of sp³-hybridized carbons (Fsp3) is 0.636. The molecule has 0 aliphatic carbocycles. The summed E-state index contributed by atoms with van der Waals surface area (Å²) in [5.41, 5.74) is 3.20. The molecular weight excluding hydrogens is 424 g/mol. The van der Waals surface area contributed by atoms with Crippen molar-refractivity contribution in [2.24, 2.45) is 5.92 Å². The number of ether oxygens (including phenoxy) is 3. The quantitative estimate of drug-likeness (QED) is 0.569. The average Bonchev–Trinajstić information content (AvgIpc) is 2.59. The second kappa shape index (κ2) is 9.40. The Balaban J connectivity index is 2.55. The minimum absolute atomic E-state index is 0.0896. The molecule has 28 heavy (non-hydrogen) atoms. The molecule has 0 saturated carbocycles. The molecular formula is C22H31BrO5. The minimum Gasteiger partial charge on any atom is -0.458 e. The molecule has 0 spiro atoms. The number of halogens is 1. The third-order valence-corrected chi connectivity index (χ3v) is 6.06. The van der Waals surface area contributed by atoms with Gasteiger partial charge in [-0.25, -0.2) is 0 Å². The zero-order chi connectivity index (χ0) is 21.2. The molecule has 1 fully saturated rings. The van der Waals surface area contributed by atoms with E-state index in [9.17, 15) is 9.59 Å². The number of carbonyl (C=O) groups excluding carboxylic acids is 2. The van der Waals surface area contributed by atoms with Crippen molar-refractivity contribution < 1.29 is 23.8 Å². The molecule has 2 rings (SSSR count). The highest BCUT2D eigenvalue weighted by molar-refractivity contribution is 9.10. The Morgan fingerprint density at radius 3 is 2.21 bits per heavy atom. The highest BCUT2D eigenvalue weighted by Gasteiger charge is 2.48. The van der Waals surface area contributed by atoms with Gasteiger partial charge in [0.05, 0.1) is 6.10 Å². The summed E-state index contributed by atoms with van der Waals surface area (Å²) in [5, 5.41) is 0. The van der Waals surface area contributed by atoms with Gasteiger partial charge in [-0.05, 0) is 42.0 Å². The van der Waals surface area contributed by atoms with E-state index in [0.717, 1.165) is 22.0 Å². The van der Waals surface area contributed by atoms with E-state index in [-0.39, 0.29) is 12.0 Å². The summed E-state index contributed by atoms with van der Waals surface area (Å²) in [7, 11) is 0. The molecule has 1 heterocycles. The van der Waals surface area contributed by atoms with E-state index in [4.69, 9.17) is 14.2 Å². The summed E-state index contributed by atoms with van der Waals surface area (Å²) in [6.07, 6.45) is -1.11. The van der Waals surface area contributed by atoms with Gasteiger partial charge in [0, 0.05) is 24.2 Å². The molecule has 1 aromatic rings. The molecule has 0 aromatic heterocycles. The van der Waals surface area contributed by atoms with Crippen molar-refractivity contribution >= 4 is 27.9 Å². The lowest BCUT2D eigenvalue weighted by Crippen LogP contribution is -2.53. The maximum absolute atomic E-state index is 11.8. The predicted molar refractivity (Wildman–Crippen MR) is 111 cm³/mol. The summed E-state index contributed by atoms with van der Waals surface area (Å²) >= 11 is 3.67. The monoisotopic (exact) mass is 454 g/mol. The van der Waals surface area contributed by atoms with E-state index in [0.29, 0.717) is 5.92 Å². The van der Waals surface area contributed by atoms with Crippen LogP contribution < -0.4 is 0 Å². The van der Waals surface area contributed by atoms with Crippen LogP contribution in [0.15, 0.2) is 16.6 Å². The van der Waals surface area contributed by atoms with Gasteiger partial charge in [-0.3, -0.25) is 9.59 Å². The molecule has 6 heteroatoms. The number of rotatable bonds is 5. The van der Waals surface area contributed by atoms with Gasteiger partial charge in [0.2, 0.25) is 0 Å². The number of hydrogen-bond acceptors (Lipinski definition) is 5. The van der Waals surface area contributed by atoms with Gasteiger partial charge in [0.15, 0.2) is 6.10 Å². The van der Waals surface area contributed by atoms with Crippen LogP contribution in [0.3, 0.4) is 0 Å². The van der Waals surface area contributed by atoms with Crippen molar-refractivity contribution in [1.82, 2.24) is 0 Å². The van der Waals surface area contributed by atoms with Crippen LogP contribution in [0.25, 0.3) is 0 Å². The second-order valence-corrected chi connectivity index (χ2v) is 8.75. The molecule has 5 atom stereocenters. The van der Waals surface area contributed by atoms with Crippen LogP contribution in [-0.4, -0.2) is 30.3 Å². The highest BCUT2D eigenvalue weighted by atomic mass is 79.9. The molecule has 1 aliphatic rings. The topological polar surface area (TPSA) is 61.8 Å². The fourth-order valence-electron chi connectivity index (χ4n) is 3.95. The smallest absolute Gasteiger partial charge is 0.303 e. The third kappa shape index (κ3) is 4.95. The highest BCUT2D eigenvalue weighted by Crippen LogP contribution is 2.42. The zero-order valence-electron chi connectivity index (χ0n) is 17.7. The van der Waals surface area contributed by atoms with Crippen molar-refractivity contribution in [3.63, 3.8) is 0 Å². The van der Waals surface area contributed by atoms with Crippen LogP contribution in [0.4, 0.5) is 0 Å². The molecule has 0 unspecified atom stereocenters. The van der Waals surface area contributed by atoms with Crippen molar-refractivity contribution in [2.45, 2.75) is 85.2 Å². The zero-order valence-corrected chi connectivity index (χ0v) is 19.3. The van der Waals surface area contributed by atoms with Gasteiger partial charge >= 0.3 is 11.9 Å². The Morgan fingerprint density at radius 2 is 1.71 bits per heavy atom. The van der Waals surface area contributed by atoms with E-state index in [2.05, 4.69) is 35.8 Å². The molecule has 156 valence electrons. The minimum atomic E-state index is -0.699. The molecule has 0 bridgehead atoms. The molecule has 1 aliphatic heterocycles. The van der Waals surface area contributed by atoms with Crippen molar-refractivity contribution in [3.8, 4) is 0 Å². The molecule has 5 nitrogen and oxygen atoms in total. The first-order valence-electron chi connectivity index (χ1n) is 9.86. The summed E-state index contributed by atoms with van der Waals surface area (Å²) in [6.45, 7) is 13.1. The Kier molecular flexibility index (Phi) is 7.68. The van der Waals surface area contributed by atoms with E-state index < -0.39 is 30.3 Å². The maximum atomic E-state index is 11.8. The standard InChI is InChI=1S/C22H31BrO5/c1-8-19-13(5)20(26-14(6)24)22(27-15(7)25)21(28-19)17-10-18(23)16(11(2)3)9-12(17)4/h9-11,13,19-22H,8H2,1-7H3/t13-,19+,20-,21-,22-/m0/s1. The summed E-state index contributed by atoms with van der Waals surface area (Å²) < 4.78 is 18.7. The van der Waals surface area contributed by atoms with Crippen LogP contribution in [0.5, 0.6) is 0 Å². The first-order valence-corrected chi connectivity index (χ1v) is 10.7. The van der Waals surface area contributed by atoms with Gasteiger partial charge in [-0.1, -0.05) is 49.7 Å². The van der Waals surface area contributed by atoms with Crippen LogP contribution in [0.1, 0.15) is 76.7 Å². The van der Waals surface area contributed by atoms with Gasteiger partial charge in [0.1, 0.15) is 12.2 Å². The third-order valence-electron chi connectivity index (χ3n) is 5.37. The predicted octanol–water partition coefficient (Wildman–Crippen LogP) is 5.23. The molecule has 0 radical (unpaired) electrons. The Hall–Kier alpha value is -1.40. The molecule has 1 saturated heterocycles. The van der Waals surface area contributed by atoms with Gasteiger partial charge in [0.25, 0.3) is 0 Å². The van der Waals surface area contributed by atoms with Gasteiger partial charge in [-0.15, -0.1) is 0 Å². The Labute approximate surface area is 176 Å². The van der Waals surface area contributed by atoms with Crippen molar-refractivity contribution in [1.29, 1.82) is 0 Å². The Morgan fingerprint density at radius 1 is 1.14 bits per heavy atom. The van der Waals surface area contributed by atoms with E-state index in [1.165, 1.54) is 19.4 Å². The molecule has 1 aromatic carbocycles. The summed E-state index contributed by atoms with van der Waals surface area (Å²) in [4.78, 5) is 23.6. The average molecular weight is 455 g/mol. The number of carbonyl (C=O) groups is 2. The normalized spacial score (nSPS) is 27.5. The van der Waals surface area contributed by atoms with E-state index in [1.54, 1.807) is 0 Å². The number of aryl methyl sites for hydroxylation is 1.